The molecule has 3 N–H and O–H groups in total. The van der Waals surface area contributed by atoms with Crippen LogP contribution < -0.4 is 11.1 Å². The van der Waals surface area contributed by atoms with Crippen LogP contribution in [0, 0.1) is 5.92 Å². The minimum Gasteiger partial charge on any atom is -0.398 e. The van der Waals surface area contributed by atoms with E-state index >= 15 is 0 Å². The molecule has 4 heteroatoms. The summed E-state index contributed by atoms with van der Waals surface area (Å²) in [6.07, 6.45) is 2.07. The van der Waals surface area contributed by atoms with Crippen LogP contribution in [0.4, 0.5) is 5.69 Å². The molecule has 2 unspecified atom stereocenters. The molecule has 0 aromatic heterocycles. The zero-order valence-electron chi connectivity index (χ0n) is 11.2. The van der Waals surface area contributed by atoms with Gasteiger partial charge in [0.2, 0.25) is 0 Å². The SMILES string of the molecule is CCC(C)CC(C)NC(=O)c1cccc(N)c1Cl. The Morgan fingerprint density at radius 1 is 1.44 bits per heavy atom. The number of benzene rings is 1. The summed E-state index contributed by atoms with van der Waals surface area (Å²) in [6.45, 7) is 6.33. The van der Waals surface area contributed by atoms with Crippen LogP contribution in [0.15, 0.2) is 18.2 Å². The lowest BCUT2D eigenvalue weighted by atomic mass is 10.00. The van der Waals surface area contributed by atoms with E-state index in [2.05, 4.69) is 19.2 Å². The lowest BCUT2D eigenvalue weighted by Gasteiger charge is -2.18. The molecule has 0 radical (unpaired) electrons. The van der Waals surface area contributed by atoms with Crippen molar-refractivity contribution in [1.29, 1.82) is 0 Å². The minimum absolute atomic E-state index is 0.130. The molecule has 0 aliphatic heterocycles. The number of hydrogen-bond acceptors (Lipinski definition) is 2. The van der Waals surface area contributed by atoms with Crippen LogP contribution in [0.2, 0.25) is 5.02 Å². The Kier molecular flexibility index (Phi) is 5.48. The maximum absolute atomic E-state index is 12.0. The average molecular weight is 269 g/mol. The molecular formula is C14H21ClN2O. The molecule has 0 saturated carbocycles. The van der Waals surface area contributed by atoms with E-state index in [9.17, 15) is 4.79 Å². The molecule has 1 aromatic rings. The number of hydrogen-bond donors (Lipinski definition) is 2. The van der Waals surface area contributed by atoms with Crippen molar-refractivity contribution in [2.45, 2.75) is 39.7 Å². The summed E-state index contributed by atoms with van der Waals surface area (Å²) in [5, 5.41) is 3.28. The summed E-state index contributed by atoms with van der Waals surface area (Å²) in [5.41, 5.74) is 6.55. The van der Waals surface area contributed by atoms with Gasteiger partial charge in [-0.05, 0) is 31.4 Å². The first-order chi connectivity index (χ1) is 8.45. The van der Waals surface area contributed by atoms with Crippen molar-refractivity contribution in [3.05, 3.63) is 28.8 Å². The van der Waals surface area contributed by atoms with Gasteiger partial charge in [-0.25, -0.2) is 0 Å². The molecule has 100 valence electrons. The van der Waals surface area contributed by atoms with E-state index in [1.807, 2.05) is 6.92 Å². The average Bonchev–Trinajstić information content (AvgIpc) is 2.32. The molecule has 0 aliphatic rings. The van der Waals surface area contributed by atoms with Crippen LogP contribution in [0.3, 0.4) is 0 Å². The summed E-state index contributed by atoms with van der Waals surface area (Å²) in [6, 6.07) is 5.23. The van der Waals surface area contributed by atoms with E-state index in [1.54, 1.807) is 18.2 Å². The van der Waals surface area contributed by atoms with Crippen LogP contribution in [0.25, 0.3) is 0 Å². The summed E-state index contributed by atoms with van der Waals surface area (Å²) in [5.74, 6) is 0.430. The third kappa shape index (κ3) is 3.91. The molecule has 0 bridgehead atoms. The fraction of sp³-hybridized carbons (Fsp3) is 0.500. The van der Waals surface area contributed by atoms with E-state index in [4.69, 9.17) is 17.3 Å². The highest BCUT2D eigenvalue weighted by Gasteiger charge is 2.15. The lowest BCUT2D eigenvalue weighted by molar-refractivity contribution is 0.0935. The second-order valence-electron chi connectivity index (χ2n) is 4.83. The first-order valence-corrected chi connectivity index (χ1v) is 6.68. The molecule has 3 nitrogen and oxygen atoms in total. The van der Waals surface area contributed by atoms with Gasteiger partial charge >= 0.3 is 0 Å². The molecular weight excluding hydrogens is 248 g/mol. The van der Waals surface area contributed by atoms with Gasteiger partial charge < -0.3 is 11.1 Å². The molecule has 1 amide bonds. The van der Waals surface area contributed by atoms with Crippen molar-refractivity contribution >= 4 is 23.2 Å². The van der Waals surface area contributed by atoms with Gasteiger partial charge in [0, 0.05) is 6.04 Å². The summed E-state index contributed by atoms with van der Waals surface area (Å²) in [4.78, 5) is 12.0. The fourth-order valence-corrected chi connectivity index (χ4v) is 2.07. The third-order valence-electron chi connectivity index (χ3n) is 3.10. The topological polar surface area (TPSA) is 55.1 Å². The zero-order chi connectivity index (χ0) is 13.7. The van der Waals surface area contributed by atoms with Crippen molar-refractivity contribution in [3.8, 4) is 0 Å². The van der Waals surface area contributed by atoms with Crippen LogP contribution in [0.5, 0.6) is 0 Å². The van der Waals surface area contributed by atoms with E-state index < -0.39 is 0 Å². The van der Waals surface area contributed by atoms with Gasteiger partial charge in [-0.15, -0.1) is 0 Å². The first-order valence-electron chi connectivity index (χ1n) is 6.30. The number of nitrogens with one attached hydrogen (secondary N) is 1. The quantitative estimate of drug-likeness (QED) is 0.804. The van der Waals surface area contributed by atoms with Gasteiger partial charge in [-0.3, -0.25) is 4.79 Å². The molecule has 0 heterocycles. The van der Waals surface area contributed by atoms with Gasteiger partial charge in [-0.1, -0.05) is 37.9 Å². The van der Waals surface area contributed by atoms with Crippen molar-refractivity contribution in [3.63, 3.8) is 0 Å². The molecule has 0 fully saturated rings. The van der Waals surface area contributed by atoms with E-state index in [1.165, 1.54) is 0 Å². The summed E-state index contributed by atoms with van der Waals surface area (Å²) < 4.78 is 0. The number of halogens is 1. The second-order valence-corrected chi connectivity index (χ2v) is 5.21. The summed E-state index contributed by atoms with van der Waals surface area (Å²) in [7, 11) is 0. The predicted molar refractivity (Wildman–Crippen MR) is 76.9 cm³/mol. The van der Waals surface area contributed by atoms with Crippen LogP contribution in [0.1, 0.15) is 44.0 Å². The molecule has 18 heavy (non-hydrogen) atoms. The van der Waals surface area contributed by atoms with Gasteiger partial charge in [0.1, 0.15) is 0 Å². The molecule has 0 saturated heterocycles. The molecule has 2 atom stereocenters. The highest BCUT2D eigenvalue weighted by atomic mass is 35.5. The van der Waals surface area contributed by atoms with E-state index in [0.717, 1.165) is 12.8 Å². The van der Waals surface area contributed by atoms with E-state index in [-0.39, 0.29) is 11.9 Å². The third-order valence-corrected chi connectivity index (χ3v) is 3.53. The molecule has 0 spiro atoms. The van der Waals surface area contributed by atoms with Crippen LogP contribution >= 0.6 is 11.6 Å². The van der Waals surface area contributed by atoms with Gasteiger partial charge in [0.25, 0.3) is 5.91 Å². The monoisotopic (exact) mass is 268 g/mol. The van der Waals surface area contributed by atoms with Crippen molar-refractivity contribution in [1.82, 2.24) is 5.32 Å². The highest BCUT2D eigenvalue weighted by Crippen LogP contribution is 2.23. The largest absolute Gasteiger partial charge is 0.398 e. The maximum atomic E-state index is 12.0. The minimum atomic E-state index is -0.164. The van der Waals surface area contributed by atoms with Crippen molar-refractivity contribution in [2.24, 2.45) is 5.92 Å². The molecule has 1 rings (SSSR count). The van der Waals surface area contributed by atoms with Crippen molar-refractivity contribution < 1.29 is 4.79 Å². The number of amides is 1. The number of nitrogen functional groups attached to an aromatic ring is 1. The predicted octanol–water partition coefficient (Wildman–Crippen LogP) is 3.48. The summed E-state index contributed by atoms with van der Waals surface area (Å²) >= 11 is 6.02. The van der Waals surface area contributed by atoms with Gasteiger partial charge in [0.15, 0.2) is 0 Å². The Hall–Kier alpha value is -1.22. The Labute approximate surface area is 114 Å². The van der Waals surface area contributed by atoms with Gasteiger partial charge in [-0.2, -0.15) is 0 Å². The fourth-order valence-electron chi connectivity index (χ4n) is 1.86. The Bertz CT molecular complexity index is 420. The number of rotatable bonds is 5. The maximum Gasteiger partial charge on any atom is 0.253 e. The van der Waals surface area contributed by atoms with Crippen LogP contribution in [-0.2, 0) is 0 Å². The zero-order valence-corrected chi connectivity index (χ0v) is 11.9. The first kappa shape index (κ1) is 14.8. The Balaban J connectivity index is 2.68. The molecule has 0 aliphatic carbocycles. The number of nitrogens with two attached hydrogens (primary N) is 1. The van der Waals surface area contributed by atoms with Crippen LogP contribution in [-0.4, -0.2) is 11.9 Å². The Morgan fingerprint density at radius 2 is 2.11 bits per heavy atom. The lowest BCUT2D eigenvalue weighted by Crippen LogP contribution is -2.33. The normalized spacial score (nSPS) is 14.0. The Morgan fingerprint density at radius 3 is 2.72 bits per heavy atom. The number of carbonyl (C=O) groups excluding carboxylic acids is 1. The molecule has 1 aromatic carbocycles. The highest BCUT2D eigenvalue weighted by molar-refractivity contribution is 6.36. The van der Waals surface area contributed by atoms with Gasteiger partial charge in [0.05, 0.1) is 16.3 Å². The number of carbonyl (C=O) groups is 1. The number of anilines is 1. The standard InChI is InChI=1S/C14H21ClN2O/c1-4-9(2)8-10(3)17-14(18)11-6-5-7-12(16)13(11)15/h5-7,9-10H,4,8,16H2,1-3H3,(H,17,18). The van der Waals surface area contributed by atoms with E-state index in [0.29, 0.717) is 22.2 Å². The van der Waals surface area contributed by atoms with Crippen molar-refractivity contribution in [2.75, 3.05) is 5.73 Å². The second kappa shape index (κ2) is 6.64. The smallest absolute Gasteiger partial charge is 0.253 e.